The van der Waals surface area contributed by atoms with Gasteiger partial charge in [-0.25, -0.2) is 4.79 Å². The monoisotopic (exact) mass is 310 g/mol. The van der Waals surface area contributed by atoms with Crippen molar-refractivity contribution < 1.29 is 14.7 Å². The first-order valence-electron chi connectivity index (χ1n) is 7.61. The predicted octanol–water partition coefficient (Wildman–Crippen LogP) is 2.80. The smallest absolute Gasteiger partial charge is 0.335 e. The van der Waals surface area contributed by atoms with Gasteiger partial charge in [0.25, 0.3) is 5.91 Å². The van der Waals surface area contributed by atoms with Crippen molar-refractivity contribution in [3.63, 3.8) is 0 Å². The van der Waals surface area contributed by atoms with Gasteiger partial charge in [0.1, 0.15) is 5.69 Å². The highest BCUT2D eigenvalue weighted by Crippen LogP contribution is 2.32. The first kappa shape index (κ1) is 15.2. The van der Waals surface area contributed by atoms with E-state index in [4.69, 9.17) is 5.11 Å². The summed E-state index contributed by atoms with van der Waals surface area (Å²) in [6.07, 6.45) is 2.26. The summed E-state index contributed by atoms with van der Waals surface area (Å²) >= 11 is 0. The Bertz CT molecular complexity index is 730. The Hall–Kier alpha value is -2.69. The molecule has 1 aliphatic rings. The molecular weight excluding hydrogens is 292 g/mol. The number of aromatic nitrogens is 1. The zero-order valence-electron chi connectivity index (χ0n) is 12.8. The van der Waals surface area contributed by atoms with Crippen molar-refractivity contribution in [3.8, 4) is 0 Å². The fourth-order valence-corrected chi connectivity index (χ4v) is 3.11. The number of nitrogens with zero attached hydrogens (tertiary/aromatic N) is 2. The van der Waals surface area contributed by atoms with Crippen LogP contribution >= 0.6 is 0 Å². The summed E-state index contributed by atoms with van der Waals surface area (Å²) in [5.74, 6) is -0.963. The molecule has 5 heteroatoms. The molecule has 2 atom stereocenters. The molecule has 5 nitrogen and oxygen atoms in total. The topological polar surface area (TPSA) is 70.5 Å². The average molecular weight is 310 g/mol. The molecule has 1 saturated heterocycles. The molecule has 1 aliphatic heterocycles. The summed E-state index contributed by atoms with van der Waals surface area (Å²) < 4.78 is 0. The Labute approximate surface area is 134 Å². The first-order valence-corrected chi connectivity index (χ1v) is 7.61. The Morgan fingerprint density at radius 1 is 1.22 bits per heavy atom. The number of amides is 1. The van der Waals surface area contributed by atoms with Crippen molar-refractivity contribution in [2.24, 2.45) is 0 Å². The van der Waals surface area contributed by atoms with Gasteiger partial charge in [-0.2, -0.15) is 0 Å². The number of rotatable bonds is 3. The summed E-state index contributed by atoms with van der Waals surface area (Å²) in [4.78, 5) is 29.6. The number of pyridine rings is 1. The van der Waals surface area contributed by atoms with Crippen LogP contribution in [0.5, 0.6) is 0 Å². The van der Waals surface area contributed by atoms with Crippen LogP contribution in [0.4, 0.5) is 0 Å². The number of carboxylic acids is 1. The van der Waals surface area contributed by atoms with Gasteiger partial charge in [0, 0.05) is 24.7 Å². The Morgan fingerprint density at radius 2 is 1.96 bits per heavy atom. The van der Waals surface area contributed by atoms with E-state index < -0.39 is 5.97 Å². The molecule has 1 N–H and O–H groups in total. The number of carbonyl (C=O) groups is 2. The lowest BCUT2D eigenvalue weighted by Crippen LogP contribution is -2.34. The molecule has 0 radical (unpaired) electrons. The lowest BCUT2D eigenvalue weighted by Gasteiger charge is -2.21. The number of hydrogen-bond donors (Lipinski definition) is 1. The lowest BCUT2D eigenvalue weighted by atomic mass is 9.97. The third kappa shape index (κ3) is 3.08. The number of aromatic carboxylic acids is 1. The maximum atomic E-state index is 12.7. The highest BCUT2D eigenvalue weighted by Gasteiger charge is 2.34. The van der Waals surface area contributed by atoms with Crippen LogP contribution in [0.15, 0.2) is 48.7 Å². The fraction of sp³-hybridized carbons (Fsp3) is 0.278. The largest absolute Gasteiger partial charge is 0.478 e. The second kappa shape index (κ2) is 6.20. The second-order valence-corrected chi connectivity index (χ2v) is 5.88. The molecular formula is C18H18N2O3. The van der Waals surface area contributed by atoms with Gasteiger partial charge < -0.3 is 10.0 Å². The minimum atomic E-state index is -1.06. The van der Waals surface area contributed by atoms with E-state index in [2.05, 4.69) is 17.1 Å². The normalized spacial score (nSPS) is 20.5. The minimum Gasteiger partial charge on any atom is -0.478 e. The van der Waals surface area contributed by atoms with Crippen molar-refractivity contribution in [1.82, 2.24) is 9.88 Å². The lowest BCUT2D eigenvalue weighted by molar-refractivity contribution is 0.0696. The Kier molecular flexibility index (Phi) is 4.10. The van der Waals surface area contributed by atoms with Crippen molar-refractivity contribution in [2.45, 2.75) is 25.3 Å². The van der Waals surface area contributed by atoms with Crippen molar-refractivity contribution >= 4 is 11.9 Å². The zero-order valence-corrected chi connectivity index (χ0v) is 12.8. The van der Waals surface area contributed by atoms with E-state index in [0.717, 1.165) is 6.42 Å². The van der Waals surface area contributed by atoms with Gasteiger partial charge in [-0.15, -0.1) is 0 Å². The quantitative estimate of drug-likeness (QED) is 0.946. The average Bonchev–Trinajstić information content (AvgIpc) is 2.97. The summed E-state index contributed by atoms with van der Waals surface area (Å²) in [5.41, 5.74) is 1.49. The number of carboxylic acid groups (broad SMARTS) is 1. The molecule has 1 aromatic heterocycles. The van der Waals surface area contributed by atoms with Gasteiger partial charge in [0.2, 0.25) is 0 Å². The van der Waals surface area contributed by atoms with E-state index in [0.29, 0.717) is 12.5 Å². The highest BCUT2D eigenvalue weighted by atomic mass is 16.4. The van der Waals surface area contributed by atoms with Gasteiger partial charge in [-0.3, -0.25) is 9.78 Å². The first-order chi connectivity index (χ1) is 11.1. The molecule has 3 rings (SSSR count). The van der Waals surface area contributed by atoms with E-state index in [1.807, 2.05) is 25.1 Å². The molecule has 1 aromatic carbocycles. The molecule has 0 aliphatic carbocycles. The van der Waals surface area contributed by atoms with Crippen LogP contribution in [0.2, 0.25) is 0 Å². The van der Waals surface area contributed by atoms with E-state index in [1.165, 1.54) is 23.9 Å². The number of carbonyl (C=O) groups excluding carboxylic acids is 1. The molecule has 0 saturated carbocycles. The van der Waals surface area contributed by atoms with Crippen LogP contribution in [0.25, 0.3) is 0 Å². The standard InChI is InChI=1S/C18H18N2O3/c1-12-9-15(13-5-3-2-4-6-13)11-20(12)17(21)16-10-14(18(22)23)7-8-19-16/h2-8,10,12,15H,9,11H2,1H3,(H,22,23). The van der Waals surface area contributed by atoms with Crippen LogP contribution in [-0.2, 0) is 0 Å². The molecule has 0 spiro atoms. The molecule has 118 valence electrons. The van der Waals surface area contributed by atoms with E-state index >= 15 is 0 Å². The molecule has 2 unspecified atom stereocenters. The van der Waals surface area contributed by atoms with Gasteiger partial charge >= 0.3 is 5.97 Å². The van der Waals surface area contributed by atoms with Gasteiger partial charge in [-0.05, 0) is 31.0 Å². The van der Waals surface area contributed by atoms with Crippen LogP contribution in [-0.4, -0.2) is 39.5 Å². The summed E-state index contributed by atoms with van der Waals surface area (Å²) in [6, 6.07) is 13.0. The summed E-state index contributed by atoms with van der Waals surface area (Å²) in [7, 11) is 0. The molecule has 23 heavy (non-hydrogen) atoms. The van der Waals surface area contributed by atoms with Crippen LogP contribution < -0.4 is 0 Å². The minimum absolute atomic E-state index is 0.0785. The SMILES string of the molecule is CC1CC(c2ccccc2)CN1C(=O)c1cc(C(=O)O)ccn1. The third-order valence-electron chi connectivity index (χ3n) is 4.33. The number of hydrogen-bond acceptors (Lipinski definition) is 3. The second-order valence-electron chi connectivity index (χ2n) is 5.88. The van der Waals surface area contributed by atoms with E-state index in [-0.39, 0.29) is 23.2 Å². The summed E-state index contributed by atoms with van der Waals surface area (Å²) in [6.45, 7) is 2.64. The molecule has 0 bridgehead atoms. The van der Waals surface area contributed by atoms with E-state index in [9.17, 15) is 9.59 Å². The van der Waals surface area contributed by atoms with Gasteiger partial charge in [0.15, 0.2) is 0 Å². The summed E-state index contributed by atoms with van der Waals surface area (Å²) in [5, 5.41) is 9.05. The van der Waals surface area contributed by atoms with Crippen LogP contribution in [0.1, 0.15) is 45.7 Å². The molecule has 2 heterocycles. The molecule has 1 fully saturated rings. The van der Waals surface area contributed by atoms with Crippen molar-refractivity contribution in [3.05, 3.63) is 65.5 Å². The number of likely N-dealkylation sites (tertiary alicyclic amines) is 1. The van der Waals surface area contributed by atoms with Crippen LogP contribution in [0.3, 0.4) is 0 Å². The number of benzene rings is 1. The van der Waals surface area contributed by atoms with Gasteiger partial charge in [-0.1, -0.05) is 30.3 Å². The van der Waals surface area contributed by atoms with Crippen molar-refractivity contribution in [1.29, 1.82) is 0 Å². The van der Waals surface area contributed by atoms with Crippen LogP contribution in [0, 0.1) is 0 Å². The van der Waals surface area contributed by atoms with E-state index in [1.54, 1.807) is 4.90 Å². The maximum Gasteiger partial charge on any atom is 0.335 e. The molecule has 2 aromatic rings. The maximum absolute atomic E-state index is 12.7. The predicted molar refractivity (Wildman–Crippen MR) is 85.5 cm³/mol. The zero-order chi connectivity index (χ0) is 16.4. The highest BCUT2D eigenvalue weighted by molar-refractivity contribution is 5.96. The Morgan fingerprint density at radius 3 is 2.65 bits per heavy atom. The van der Waals surface area contributed by atoms with Crippen molar-refractivity contribution in [2.75, 3.05) is 6.54 Å². The fourth-order valence-electron chi connectivity index (χ4n) is 3.11. The van der Waals surface area contributed by atoms with Gasteiger partial charge in [0.05, 0.1) is 5.56 Å². The third-order valence-corrected chi connectivity index (χ3v) is 4.33. The Balaban J connectivity index is 1.80. The molecule has 1 amide bonds.